The van der Waals surface area contributed by atoms with Crippen molar-refractivity contribution in [3.05, 3.63) is 23.2 Å². The van der Waals surface area contributed by atoms with E-state index in [1.54, 1.807) is 18.2 Å². The summed E-state index contributed by atoms with van der Waals surface area (Å²) in [6.45, 7) is 1.85. The number of ether oxygens (including phenoxy) is 1. The van der Waals surface area contributed by atoms with E-state index in [2.05, 4.69) is 5.32 Å². The van der Waals surface area contributed by atoms with Crippen LogP contribution in [-0.2, 0) is 4.79 Å². The van der Waals surface area contributed by atoms with Gasteiger partial charge in [-0.05, 0) is 24.6 Å². The van der Waals surface area contributed by atoms with Gasteiger partial charge in [0.2, 0.25) is 5.91 Å². The lowest BCUT2D eigenvalue weighted by Gasteiger charge is -2.13. The van der Waals surface area contributed by atoms with Crippen LogP contribution in [0.25, 0.3) is 0 Å². The maximum Gasteiger partial charge on any atom is 0.241 e. The smallest absolute Gasteiger partial charge is 0.241 e. The predicted octanol–water partition coefficient (Wildman–Crippen LogP) is 2.02. The van der Waals surface area contributed by atoms with Crippen molar-refractivity contribution in [2.45, 2.75) is 19.4 Å². The second-order valence-corrected chi connectivity index (χ2v) is 3.79. The molecule has 0 bridgehead atoms. The molecule has 0 radical (unpaired) electrons. The topological polar surface area (TPSA) is 64.4 Å². The van der Waals surface area contributed by atoms with Gasteiger partial charge in [0.25, 0.3) is 0 Å². The van der Waals surface area contributed by atoms with E-state index in [1.807, 2.05) is 6.92 Å². The van der Waals surface area contributed by atoms with Gasteiger partial charge in [0.05, 0.1) is 18.8 Å². The number of carbonyl (C=O) groups is 1. The molecule has 1 aromatic rings. The number of rotatable bonds is 4. The summed E-state index contributed by atoms with van der Waals surface area (Å²) in [5.74, 6) is 0.309. The highest BCUT2D eigenvalue weighted by Crippen LogP contribution is 2.27. The molecule has 5 heteroatoms. The highest BCUT2D eigenvalue weighted by atomic mass is 35.5. The van der Waals surface area contributed by atoms with Crippen molar-refractivity contribution < 1.29 is 9.53 Å². The van der Waals surface area contributed by atoms with Gasteiger partial charge in [-0.25, -0.2) is 0 Å². The fourth-order valence-corrected chi connectivity index (χ4v) is 1.36. The third kappa shape index (κ3) is 3.12. The van der Waals surface area contributed by atoms with Crippen LogP contribution in [0.3, 0.4) is 0 Å². The predicted molar refractivity (Wildman–Crippen MR) is 64.9 cm³/mol. The molecule has 0 heterocycles. The summed E-state index contributed by atoms with van der Waals surface area (Å²) < 4.78 is 5.10. The van der Waals surface area contributed by atoms with Gasteiger partial charge in [-0.2, -0.15) is 0 Å². The van der Waals surface area contributed by atoms with E-state index in [4.69, 9.17) is 22.1 Å². The van der Waals surface area contributed by atoms with Crippen molar-refractivity contribution in [2.24, 2.45) is 5.73 Å². The molecule has 1 amide bonds. The summed E-state index contributed by atoms with van der Waals surface area (Å²) in [5.41, 5.74) is 6.14. The first-order valence-electron chi connectivity index (χ1n) is 4.98. The summed E-state index contributed by atoms with van der Waals surface area (Å²) in [5, 5.41) is 3.21. The zero-order chi connectivity index (χ0) is 12.1. The molecule has 88 valence electrons. The molecule has 1 rings (SSSR count). The summed E-state index contributed by atoms with van der Waals surface area (Å²) in [6, 6.07) is 4.48. The van der Waals surface area contributed by atoms with Crippen LogP contribution in [0.1, 0.15) is 13.3 Å². The molecule has 0 aliphatic carbocycles. The molecule has 16 heavy (non-hydrogen) atoms. The van der Waals surface area contributed by atoms with Gasteiger partial charge in [0.15, 0.2) is 0 Å². The molecular formula is C11H15ClN2O2. The lowest BCUT2D eigenvalue weighted by Crippen LogP contribution is -2.34. The third-order valence-corrected chi connectivity index (χ3v) is 2.43. The molecule has 1 aromatic carbocycles. The van der Waals surface area contributed by atoms with E-state index < -0.39 is 6.04 Å². The summed E-state index contributed by atoms with van der Waals surface area (Å²) in [7, 11) is 1.53. The van der Waals surface area contributed by atoms with Crippen LogP contribution in [0.5, 0.6) is 5.75 Å². The maximum atomic E-state index is 11.6. The fourth-order valence-electron chi connectivity index (χ4n) is 1.19. The normalized spacial score (nSPS) is 12.0. The second-order valence-electron chi connectivity index (χ2n) is 3.35. The summed E-state index contributed by atoms with van der Waals surface area (Å²) in [4.78, 5) is 11.6. The van der Waals surface area contributed by atoms with Crippen LogP contribution in [0.2, 0.25) is 5.02 Å². The van der Waals surface area contributed by atoms with Gasteiger partial charge in [-0.1, -0.05) is 18.5 Å². The Balaban J connectivity index is 2.87. The summed E-state index contributed by atoms with van der Waals surface area (Å²) in [6.07, 6.45) is 0.578. The molecule has 1 atom stereocenters. The number of benzene rings is 1. The fraction of sp³-hybridized carbons (Fsp3) is 0.364. The van der Waals surface area contributed by atoms with Crippen molar-refractivity contribution in [1.29, 1.82) is 0 Å². The minimum Gasteiger partial charge on any atom is -0.495 e. The van der Waals surface area contributed by atoms with E-state index in [0.29, 0.717) is 22.9 Å². The van der Waals surface area contributed by atoms with E-state index in [9.17, 15) is 4.79 Å². The van der Waals surface area contributed by atoms with Crippen LogP contribution in [0.4, 0.5) is 5.69 Å². The number of hydrogen-bond donors (Lipinski definition) is 2. The number of nitrogens with one attached hydrogen (secondary N) is 1. The zero-order valence-electron chi connectivity index (χ0n) is 9.29. The minimum atomic E-state index is -0.524. The lowest BCUT2D eigenvalue weighted by atomic mass is 10.2. The monoisotopic (exact) mass is 242 g/mol. The van der Waals surface area contributed by atoms with Gasteiger partial charge in [0.1, 0.15) is 5.75 Å². The minimum absolute atomic E-state index is 0.247. The second kappa shape index (κ2) is 5.72. The van der Waals surface area contributed by atoms with Crippen LogP contribution < -0.4 is 15.8 Å². The van der Waals surface area contributed by atoms with Gasteiger partial charge in [-0.3, -0.25) is 4.79 Å². The number of anilines is 1. The molecule has 0 aliphatic heterocycles. The highest BCUT2D eigenvalue weighted by molar-refractivity contribution is 6.31. The number of methoxy groups -OCH3 is 1. The van der Waals surface area contributed by atoms with Crippen molar-refractivity contribution in [3.8, 4) is 5.75 Å². The zero-order valence-corrected chi connectivity index (χ0v) is 10.0. The number of carbonyl (C=O) groups excluding carboxylic acids is 1. The molecule has 0 aliphatic rings. The van der Waals surface area contributed by atoms with Gasteiger partial charge < -0.3 is 15.8 Å². The number of amides is 1. The number of halogens is 1. The Bertz CT molecular complexity index is 382. The van der Waals surface area contributed by atoms with E-state index >= 15 is 0 Å². The van der Waals surface area contributed by atoms with Gasteiger partial charge >= 0.3 is 0 Å². The first-order chi connectivity index (χ1) is 7.58. The molecule has 3 N–H and O–H groups in total. The van der Waals surface area contributed by atoms with Crippen LogP contribution in [-0.4, -0.2) is 19.1 Å². The Kier molecular flexibility index (Phi) is 4.58. The average Bonchev–Trinajstić information content (AvgIpc) is 2.28. The first kappa shape index (κ1) is 12.8. The quantitative estimate of drug-likeness (QED) is 0.849. The summed E-state index contributed by atoms with van der Waals surface area (Å²) >= 11 is 5.83. The van der Waals surface area contributed by atoms with E-state index in [0.717, 1.165) is 0 Å². The van der Waals surface area contributed by atoms with Crippen LogP contribution in [0.15, 0.2) is 18.2 Å². The average molecular weight is 243 g/mol. The SMILES string of the molecule is CC[C@@H](N)C(=O)Nc1cc(Cl)ccc1OC. The Morgan fingerprint density at radius 2 is 2.31 bits per heavy atom. The first-order valence-corrected chi connectivity index (χ1v) is 5.36. The molecule has 0 fully saturated rings. The molecule has 0 aromatic heterocycles. The van der Waals surface area contributed by atoms with Crippen molar-refractivity contribution in [1.82, 2.24) is 0 Å². The lowest BCUT2D eigenvalue weighted by molar-refractivity contribution is -0.117. The van der Waals surface area contributed by atoms with Crippen molar-refractivity contribution >= 4 is 23.2 Å². The Labute approximate surface area is 99.7 Å². The Hall–Kier alpha value is -1.26. The standard InChI is InChI=1S/C11H15ClN2O2/c1-3-8(13)11(15)14-9-6-7(12)4-5-10(9)16-2/h4-6,8H,3,13H2,1-2H3,(H,14,15)/t8-/m1/s1. The number of nitrogens with two attached hydrogens (primary N) is 1. The van der Waals surface area contributed by atoms with Crippen LogP contribution in [0, 0.1) is 0 Å². The highest BCUT2D eigenvalue weighted by Gasteiger charge is 2.13. The molecule has 0 spiro atoms. The Morgan fingerprint density at radius 3 is 2.88 bits per heavy atom. The van der Waals surface area contributed by atoms with Gasteiger partial charge in [0, 0.05) is 5.02 Å². The molecule has 4 nitrogen and oxygen atoms in total. The van der Waals surface area contributed by atoms with Crippen LogP contribution >= 0.6 is 11.6 Å². The molecule has 0 saturated carbocycles. The third-order valence-electron chi connectivity index (χ3n) is 2.20. The van der Waals surface area contributed by atoms with E-state index in [1.165, 1.54) is 7.11 Å². The molecular weight excluding hydrogens is 228 g/mol. The Morgan fingerprint density at radius 1 is 1.62 bits per heavy atom. The van der Waals surface area contributed by atoms with Crippen molar-refractivity contribution in [2.75, 3.05) is 12.4 Å². The van der Waals surface area contributed by atoms with Crippen molar-refractivity contribution in [3.63, 3.8) is 0 Å². The van der Waals surface area contributed by atoms with Gasteiger partial charge in [-0.15, -0.1) is 0 Å². The maximum absolute atomic E-state index is 11.6. The molecule has 0 saturated heterocycles. The van der Waals surface area contributed by atoms with E-state index in [-0.39, 0.29) is 5.91 Å². The number of hydrogen-bond acceptors (Lipinski definition) is 3. The molecule has 0 unspecified atom stereocenters. The largest absolute Gasteiger partial charge is 0.495 e.